The van der Waals surface area contributed by atoms with Gasteiger partial charge in [-0.25, -0.2) is 0 Å². The van der Waals surface area contributed by atoms with Gasteiger partial charge in [-0.1, -0.05) is 76.9 Å². The molecule has 0 unspecified atom stereocenters. The van der Waals surface area contributed by atoms with Crippen LogP contribution in [-0.2, 0) is 30.8 Å². The highest BCUT2D eigenvalue weighted by atomic mass is 31.2. The van der Waals surface area contributed by atoms with Crippen LogP contribution < -0.4 is 15.9 Å². The van der Waals surface area contributed by atoms with E-state index in [0.29, 0.717) is 12.8 Å². The van der Waals surface area contributed by atoms with Crippen molar-refractivity contribution in [3.8, 4) is 0 Å². The molecule has 13 nitrogen and oxygen atoms in total. The van der Waals surface area contributed by atoms with E-state index in [2.05, 4.69) is 72.0 Å². The number of hydrogen-bond donors (Lipinski definition) is 4. The van der Waals surface area contributed by atoms with Gasteiger partial charge in [-0.05, 0) is 123 Å². The lowest BCUT2D eigenvalue weighted by atomic mass is 9.79. The predicted molar refractivity (Wildman–Crippen MR) is 267 cm³/mol. The van der Waals surface area contributed by atoms with Gasteiger partial charge in [-0.2, -0.15) is 5.10 Å². The van der Waals surface area contributed by atoms with Gasteiger partial charge in [0.2, 0.25) is 5.91 Å². The molecule has 1 amide bonds. The van der Waals surface area contributed by atoms with Gasteiger partial charge in [0, 0.05) is 26.1 Å². The van der Waals surface area contributed by atoms with E-state index in [4.69, 9.17) is 14.2 Å². The van der Waals surface area contributed by atoms with Crippen molar-refractivity contribution >= 4 is 35.1 Å². The number of carbonyl (C=O) groups is 2. The molecule has 0 aliphatic carbocycles. The van der Waals surface area contributed by atoms with E-state index >= 15 is 0 Å². The Morgan fingerprint density at radius 3 is 2.06 bits per heavy atom. The van der Waals surface area contributed by atoms with E-state index in [9.17, 15) is 30.0 Å². The van der Waals surface area contributed by atoms with E-state index in [0.717, 1.165) is 31.8 Å². The lowest BCUT2D eigenvalue weighted by molar-refractivity contribution is -0.295. The minimum Gasteiger partial charge on any atom is -0.459 e. The van der Waals surface area contributed by atoms with Gasteiger partial charge in [0.1, 0.15) is 47.1 Å². The average molecular weight is 952 g/mol. The van der Waals surface area contributed by atoms with Gasteiger partial charge in [0.25, 0.3) is 0 Å². The Morgan fingerprint density at radius 2 is 1.49 bits per heavy atom. The molecule has 3 heterocycles. The standard InChI is InChI=1S/C53H84N4O9P/c1-12-45-53(8,63)48(60)40(6)57(34-36(2)32-52(7,62)49(37(3)30-38(4)50(61)65-45)66-51-47(59)44(55(9)10)31-39(5)64-51)46(58)28-22-14-13-15-23-29-67(41-24-18-16-19-25-41,42-26-20-17-21-27-42)43-33-54-56(11)35-43/h16-21,24-27,33,35-40,44-45,47-49,51,59-60,62-63H,12-15,22-23,28-32,34H2,1-11H3/q+1/t36-,37+,38-,39-,40-,44+,45-,47-,48-,49-,51+,52-,53-/m1/s1. The summed E-state index contributed by atoms with van der Waals surface area (Å²) in [5.41, 5.74) is -3.37. The van der Waals surface area contributed by atoms with Gasteiger partial charge in [-0.15, -0.1) is 0 Å². The minimum atomic E-state index is -1.99. The first kappa shape index (κ1) is 54.7. The number of aryl methyl sites for hydroxylation is 1. The first-order valence-electron chi connectivity index (χ1n) is 24.9. The van der Waals surface area contributed by atoms with E-state index in [-0.39, 0.29) is 56.2 Å². The van der Waals surface area contributed by atoms with Crippen LogP contribution in [0.4, 0.5) is 0 Å². The molecule has 0 bridgehead atoms. The molecule has 14 heteroatoms. The molecular formula is C53H84N4O9P+. The fourth-order valence-electron chi connectivity index (χ4n) is 11.0. The van der Waals surface area contributed by atoms with Crippen molar-refractivity contribution in [2.24, 2.45) is 24.8 Å². The first-order valence-corrected chi connectivity index (χ1v) is 26.9. The fraction of sp³-hybridized carbons (Fsp3) is 0.679. The Hall–Kier alpha value is -3.26. The number of aliphatic hydroxyl groups excluding tert-OH is 2. The fourth-order valence-corrected chi connectivity index (χ4v) is 15.4. The number of carbonyl (C=O) groups excluding carboxylic acids is 2. The molecule has 0 spiro atoms. The molecule has 1 aromatic heterocycles. The summed E-state index contributed by atoms with van der Waals surface area (Å²) in [6.45, 7) is 14.4. The summed E-state index contributed by atoms with van der Waals surface area (Å²) in [5, 5.41) is 56.4. The summed E-state index contributed by atoms with van der Waals surface area (Å²) in [6.07, 6.45) is 5.61. The third-order valence-corrected chi connectivity index (χ3v) is 19.1. The maximum absolute atomic E-state index is 14.4. The van der Waals surface area contributed by atoms with Crippen LogP contribution in [0.2, 0.25) is 0 Å². The Morgan fingerprint density at radius 1 is 0.896 bits per heavy atom. The van der Waals surface area contributed by atoms with Crippen LogP contribution in [0.3, 0.4) is 0 Å². The largest absolute Gasteiger partial charge is 0.459 e. The SMILES string of the molecule is CC[C@H]1OC(=O)[C@H](C)C[C@H](C)[C@@H](O[C@@H]2O[C@H](C)C[C@H](N(C)C)[C@H]2O)[C@](C)(O)C[C@@H](C)CN(C(=O)CCCCCCC[P+](c2ccccc2)(c2ccccc2)c2cnn(C)c2)[C@H](C)[C@@H](O)[C@]1(C)O. The van der Waals surface area contributed by atoms with Crippen LogP contribution >= 0.6 is 7.26 Å². The zero-order valence-corrected chi connectivity index (χ0v) is 43.2. The molecule has 2 aliphatic rings. The highest BCUT2D eigenvalue weighted by Gasteiger charge is 2.49. The number of unbranched alkanes of at least 4 members (excludes halogenated alkanes) is 4. The maximum atomic E-state index is 14.4. The highest BCUT2D eigenvalue weighted by molar-refractivity contribution is 7.95. The zero-order valence-electron chi connectivity index (χ0n) is 42.3. The Labute approximate surface area is 401 Å². The molecule has 2 aromatic carbocycles. The van der Waals surface area contributed by atoms with Gasteiger partial charge in [0.15, 0.2) is 6.29 Å². The average Bonchev–Trinajstić information content (AvgIpc) is 3.73. The quantitative estimate of drug-likeness (QED) is 0.0806. The molecule has 2 saturated heterocycles. The Balaban J connectivity index is 1.32. The van der Waals surface area contributed by atoms with Crippen molar-refractivity contribution in [2.75, 3.05) is 26.8 Å². The van der Waals surface area contributed by atoms with Crippen molar-refractivity contribution in [1.82, 2.24) is 19.6 Å². The summed E-state index contributed by atoms with van der Waals surface area (Å²) in [6, 6.07) is 20.5. The zero-order chi connectivity index (χ0) is 49.3. The smallest absolute Gasteiger partial charge is 0.309 e. The minimum absolute atomic E-state index is 0.157. The second kappa shape index (κ2) is 24.0. The number of amides is 1. The van der Waals surface area contributed by atoms with Crippen LogP contribution in [-0.4, -0.2) is 139 Å². The predicted octanol–water partition coefficient (Wildman–Crippen LogP) is 5.97. The van der Waals surface area contributed by atoms with Gasteiger partial charge < -0.3 is 44.4 Å². The third kappa shape index (κ3) is 13.3. The lowest BCUT2D eigenvalue weighted by Crippen LogP contribution is -2.60. The van der Waals surface area contributed by atoms with Crippen molar-refractivity contribution < 1.29 is 44.2 Å². The number of rotatable bonds is 15. The van der Waals surface area contributed by atoms with Crippen molar-refractivity contribution in [2.45, 2.75) is 180 Å². The normalized spacial score (nSPS) is 32.9. The van der Waals surface area contributed by atoms with Gasteiger partial charge >= 0.3 is 5.97 Å². The summed E-state index contributed by atoms with van der Waals surface area (Å²) in [4.78, 5) is 31.8. The molecule has 3 aromatic rings. The number of esters is 1. The number of ether oxygens (including phenoxy) is 3. The number of hydrogen-bond acceptors (Lipinski definition) is 11. The van der Waals surface area contributed by atoms with Crippen molar-refractivity contribution in [3.63, 3.8) is 0 Å². The van der Waals surface area contributed by atoms with Crippen LogP contribution in [0.1, 0.15) is 120 Å². The highest BCUT2D eigenvalue weighted by Crippen LogP contribution is 2.56. The monoisotopic (exact) mass is 952 g/mol. The molecule has 13 atom stereocenters. The molecule has 2 aliphatic heterocycles. The number of aromatic nitrogens is 2. The van der Waals surface area contributed by atoms with Crippen molar-refractivity contribution in [1.29, 1.82) is 0 Å². The van der Waals surface area contributed by atoms with E-state index in [1.54, 1.807) is 32.6 Å². The van der Waals surface area contributed by atoms with Crippen LogP contribution in [0, 0.1) is 17.8 Å². The summed E-state index contributed by atoms with van der Waals surface area (Å²) in [5.74, 6) is -2.05. The second-order valence-electron chi connectivity index (χ2n) is 20.8. The number of cyclic esters (lactones) is 1. The first-order chi connectivity index (χ1) is 31.6. The molecule has 0 radical (unpaired) electrons. The number of benzene rings is 2. The summed E-state index contributed by atoms with van der Waals surface area (Å²) < 4.78 is 20.7. The molecule has 2 fully saturated rings. The van der Waals surface area contributed by atoms with Gasteiger partial charge in [-0.3, -0.25) is 14.3 Å². The molecule has 374 valence electrons. The molecule has 0 saturated carbocycles. The number of aliphatic hydroxyl groups is 4. The number of likely N-dealkylation sites (N-methyl/N-ethyl adjacent to an activating group) is 1. The summed E-state index contributed by atoms with van der Waals surface area (Å²) in [7, 11) is 3.79. The number of nitrogens with zero attached hydrogens (tertiary/aromatic N) is 4. The molecule has 5 rings (SSSR count). The van der Waals surface area contributed by atoms with Crippen LogP contribution in [0.25, 0.3) is 0 Å². The van der Waals surface area contributed by atoms with E-state index in [1.807, 2.05) is 57.7 Å². The molecule has 67 heavy (non-hydrogen) atoms. The maximum Gasteiger partial charge on any atom is 0.309 e. The topological polar surface area (TPSA) is 167 Å². The summed E-state index contributed by atoms with van der Waals surface area (Å²) >= 11 is 0. The van der Waals surface area contributed by atoms with Crippen LogP contribution in [0.5, 0.6) is 0 Å². The van der Waals surface area contributed by atoms with Crippen molar-refractivity contribution in [3.05, 3.63) is 73.1 Å². The lowest BCUT2D eigenvalue weighted by Gasteiger charge is -2.46. The Kier molecular flexibility index (Phi) is 19.6. The second-order valence-corrected chi connectivity index (χ2v) is 24.4. The Bertz CT molecular complexity index is 1940. The van der Waals surface area contributed by atoms with E-state index in [1.165, 1.54) is 22.8 Å². The third-order valence-electron chi connectivity index (χ3n) is 14.6. The van der Waals surface area contributed by atoms with Crippen LogP contribution in [0.15, 0.2) is 73.1 Å². The van der Waals surface area contributed by atoms with Gasteiger partial charge in [0.05, 0.1) is 48.3 Å². The molecule has 4 N–H and O–H groups in total. The van der Waals surface area contributed by atoms with E-state index < -0.39 is 73.0 Å². The molecular weight excluding hydrogens is 868 g/mol.